The van der Waals surface area contributed by atoms with Crippen LogP contribution in [0.25, 0.3) is 0 Å². The van der Waals surface area contributed by atoms with Gasteiger partial charge in [0.1, 0.15) is 0 Å². The minimum absolute atomic E-state index is 0.0331. The van der Waals surface area contributed by atoms with Crippen molar-refractivity contribution < 1.29 is 8.42 Å². The number of hydrogen-bond acceptors (Lipinski definition) is 2. The van der Waals surface area contributed by atoms with Gasteiger partial charge in [0.05, 0.1) is 11.4 Å². The number of benzene rings is 2. The summed E-state index contributed by atoms with van der Waals surface area (Å²) in [5, 5.41) is 0. The van der Waals surface area contributed by atoms with Crippen LogP contribution in [-0.4, -0.2) is 8.42 Å². The van der Waals surface area contributed by atoms with Gasteiger partial charge in [0.25, 0.3) is 0 Å². The van der Waals surface area contributed by atoms with Crippen molar-refractivity contribution in [3.8, 4) is 0 Å². The van der Waals surface area contributed by atoms with E-state index in [1.807, 2.05) is 37.3 Å². The third-order valence-electron chi connectivity index (χ3n) is 2.68. The number of para-hydroxylation sites is 1. The van der Waals surface area contributed by atoms with Gasteiger partial charge in [0, 0.05) is 4.47 Å². The predicted molar refractivity (Wildman–Crippen MR) is 81.6 cm³/mol. The quantitative estimate of drug-likeness (QED) is 0.922. The first-order chi connectivity index (χ1) is 8.96. The van der Waals surface area contributed by atoms with Crippen LogP contribution < -0.4 is 4.72 Å². The molecule has 0 unspecified atom stereocenters. The zero-order chi connectivity index (χ0) is 13.9. The highest BCUT2D eigenvalue weighted by Crippen LogP contribution is 2.18. The number of rotatable bonds is 4. The number of aryl methyl sites for hydroxylation is 1. The number of halogens is 1. The minimum atomic E-state index is -3.39. The number of anilines is 1. The van der Waals surface area contributed by atoms with E-state index >= 15 is 0 Å². The van der Waals surface area contributed by atoms with Crippen LogP contribution >= 0.6 is 15.9 Å². The highest BCUT2D eigenvalue weighted by atomic mass is 79.9. The van der Waals surface area contributed by atoms with E-state index < -0.39 is 10.0 Å². The normalized spacial score (nSPS) is 11.3. The molecule has 0 aromatic heterocycles. The zero-order valence-electron chi connectivity index (χ0n) is 10.4. The topological polar surface area (TPSA) is 46.2 Å². The molecule has 0 saturated heterocycles. The second-order valence-corrected chi connectivity index (χ2v) is 6.94. The summed E-state index contributed by atoms with van der Waals surface area (Å²) in [6.45, 7) is 1.87. The molecular weight excluding hydrogens is 326 g/mol. The van der Waals surface area contributed by atoms with Crippen LogP contribution in [0.3, 0.4) is 0 Å². The molecule has 0 atom stereocenters. The van der Waals surface area contributed by atoms with Gasteiger partial charge >= 0.3 is 0 Å². The molecule has 19 heavy (non-hydrogen) atoms. The average molecular weight is 340 g/mol. The Labute approximate surface area is 121 Å². The Hall–Kier alpha value is -1.33. The lowest BCUT2D eigenvalue weighted by molar-refractivity contribution is 0.600. The van der Waals surface area contributed by atoms with Gasteiger partial charge in [-0.1, -0.05) is 46.3 Å². The van der Waals surface area contributed by atoms with Crippen molar-refractivity contribution in [3.05, 3.63) is 64.1 Å². The Morgan fingerprint density at radius 1 is 1.05 bits per heavy atom. The van der Waals surface area contributed by atoms with Crippen molar-refractivity contribution in [1.29, 1.82) is 0 Å². The molecule has 0 aliphatic carbocycles. The molecule has 100 valence electrons. The SMILES string of the molecule is Cc1ccccc1NS(=O)(=O)Cc1ccc(Br)cc1. The molecule has 0 bridgehead atoms. The summed E-state index contributed by atoms with van der Waals surface area (Å²) in [7, 11) is -3.39. The van der Waals surface area contributed by atoms with Gasteiger partial charge in [-0.2, -0.15) is 0 Å². The van der Waals surface area contributed by atoms with Crippen molar-refractivity contribution in [2.45, 2.75) is 12.7 Å². The molecule has 1 N–H and O–H groups in total. The summed E-state index contributed by atoms with van der Waals surface area (Å²) < 4.78 is 27.7. The second-order valence-electron chi connectivity index (χ2n) is 4.30. The Morgan fingerprint density at radius 2 is 1.68 bits per heavy atom. The lowest BCUT2D eigenvalue weighted by atomic mass is 10.2. The van der Waals surface area contributed by atoms with Gasteiger partial charge in [-0.25, -0.2) is 8.42 Å². The molecule has 0 saturated carbocycles. The van der Waals surface area contributed by atoms with Crippen molar-refractivity contribution in [3.63, 3.8) is 0 Å². The molecule has 0 aliphatic rings. The summed E-state index contributed by atoms with van der Waals surface area (Å²) in [6.07, 6.45) is 0. The van der Waals surface area contributed by atoms with Crippen molar-refractivity contribution in [2.24, 2.45) is 0 Å². The zero-order valence-corrected chi connectivity index (χ0v) is 12.8. The van der Waals surface area contributed by atoms with E-state index in [-0.39, 0.29) is 5.75 Å². The Morgan fingerprint density at radius 3 is 2.32 bits per heavy atom. The van der Waals surface area contributed by atoms with Gasteiger partial charge in [-0.15, -0.1) is 0 Å². The molecule has 0 spiro atoms. The second kappa shape index (κ2) is 5.75. The minimum Gasteiger partial charge on any atom is -0.283 e. The molecule has 5 heteroatoms. The molecule has 0 fully saturated rings. The summed E-state index contributed by atoms with van der Waals surface area (Å²) in [4.78, 5) is 0. The van der Waals surface area contributed by atoms with Crippen molar-refractivity contribution >= 4 is 31.6 Å². The molecule has 2 rings (SSSR count). The first-order valence-corrected chi connectivity index (χ1v) is 8.21. The first kappa shape index (κ1) is 14.1. The van der Waals surface area contributed by atoms with Gasteiger partial charge in [-0.3, -0.25) is 4.72 Å². The van der Waals surface area contributed by atoms with Crippen molar-refractivity contribution in [2.75, 3.05) is 4.72 Å². The van der Waals surface area contributed by atoms with Crippen LogP contribution in [-0.2, 0) is 15.8 Å². The molecule has 3 nitrogen and oxygen atoms in total. The molecule has 0 aliphatic heterocycles. The van der Waals surface area contributed by atoms with E-state index in [9.17, 15) is 8.42 Å². The molecule has 2 aromatic carbocycles. The Kier molecular flexibility index (Phi) is 4.27. The average Bonchev–Trinajstić information content (AvgIpc) is 2.35. The fourth-order valence-corrected chi connectivity index (χ4v) is 3.22. The van der Waals surface area contributed by atoms with Gasteiger partial charge in [-0.05, 0) is 36.2 Å². The summed E-state index contributed by atoms with van der Waals surface area (Å²) >= 11 is 3.32. The molecule has 2 aromatic rings. The third-order valence-corrected chi connectivity index (χ3v) is 4.45. The Bertz CT molecular complexity index is 666. The van der Waals surface area contributed by atoms with Gasteiger partial charge in [0.15, 0.2) is 0 Å². The van der Waals surface area contributed by atoms with E-state index in [1.54, 1.807) is 18.2 Å². The molecule has 0 radical (unpaired) electrons. The van der Waals surface area contributed by atoms with Crippen LogP contribution in [0.2, 0.25) is 0 Å². The number of nitrogens with one attached hydrogen (secondary N) is 1. The van der Waals surface area contributed by atoms with Crippen LogP contribution in [0.4, 0.5) is 5.69 Å². The van der Waals surface area contributed by atoms with Crippen LogP contribution in [0, 0.1) is 6.92 Å². The standard InChI is InChI=1S/C14H14BrNO2S/c1-11-4-2-3-5-14(11)16-19(17,18)10-12-6-8-13(15)9-7-12/h2-9,16H,10H2,1H3. The lowest BCUT2D eigenvalue weighted by Gasteiger charge is -2.10. The molecule has 0 heterocycles. The highest BCUT2D eigenvalue weighted by molar-refractivity contribution is 9.10. The van der Waals surface area contributed by atoms with Crippen LogP contribution in [0.5, 0.6) is 0 Å². The summed E-state index contributed by atoms with van der Waals surface area (Å²) in [5.74, 6) is -0.0331. The number of hydrogen-bond donors (Lipinski definition) is 1. The monoisotopic (exact) mass is 339 g/mol. The first-order valence-electron chi connectivity index (χ1n) is 5.77. The van der Waals surface area contributed by atoms with Crippen LogP contribution in [0.1, 0.15) is 11.1 Å². The maximum absolute atomic E-state index is 12.1. The summed E-state index contributed by atoms with van der Waals surface area (Å²) in [5.41, 5.74) is 2.28. The van der Waals surface area contributed by atoms with Crippen molar-refractivity contribution in [1.82, 2.24) is 0 Å². The predicted octanol–water partition coefficient (Wildman–Crippen LogP) is 3.70. The maximum atomic E-state index is 12.1. The molecule has 0 amide bonds. The summed E-state index contributed by atoms with van der Waals surface area (Å²) in [6, 6.07) is 14.6. The highest BCUT2D eigenvalue weighted by Gasteiger charge is 2.12. The Balaban J connectivity index is 2.15. The van der Waals surface area contributed by atoms with E-state index in [4.69, 9.17) is 0 Å². The van der Waals surface area contributed by atoms with Gasteiger partial charge in [0.2, 0.25) is 10.0 Å². The van der Waals surface area contributed by atoms with Gasteiger partial charge < -0.3 is 0 Å². The fourth-order valence-electron chi connectivity index (χ4n) is 1.69. The van der Waals surface area contributed by atoms with E-state index in [1.165, 1.54) is 0 Å². The third kappa shape index (κ3) is 4.08. The fraction of sp³-hybridized carbons (Fsp3) is 0.143. The van der Waals surface area contributed by atoms with Crippen LogP contribution in [0.15, 0.2) is 53.0 Å². The van der Waals surface area contributed by atoms with E-state index in [0.29, 0.717) is 5.69 Å². The smallest absolute Gasteiger partial charge is 0.236 e. The molecular formula is C14H14BrNO2S. The van der Waals surface area contributed by atoms with E-state index in [0.717, 1.165) is 15.6 Å². The maximum Gasteiger partial charge on any atom is 0.236 e. The number of sulfonamides is 1. The lowest BCUT2D eigenvalue weighted by Crippen LogP contribution is -2.15. The van der Waals surface area contributed by atoms with E-state index in [2.05, 4.69) is 20.7 Å². The largest absolute Gasteiger partial charge is 0.283 e.